The Labute approximate surface area is 175 Å². The summed E-state index contributed by atoms with van der Waals surface area (Å²) in [6.45, 7) is 8.30. The predicted octanol–water partition coefficient (Wildman–Crippen LogP) is 2.68. The van der Waals surface area contributed by atoms with Crippen LogP contribution in [0.2, 0.25) is 0 Å². The first kappa shape index (κ1) is 21.7. The lowest BCUT2D eigenvalue weighted by atomic mass is 10.1. The second kappa shape index (κ2) is 8.78. The first-order valence-electron chi connectivity index (χ1n) is 9.31. The number of rotatable bonds is 6. The first-order valence-corrected chi connectivity index (χ1v) is 12.1. The molecule has 1 aromatic heterocycles. The van der Waals surface area contributed by atoms with E-state index in [4.69, 9.17) is 4.74 Å². The van der Waals surface area contributed by atoms with Gasteiger partial charge in [0.2, 0.25) is 10.0 Å². The summed E-state index contributed by atoms with van der Waals surface area (Å²) in [7, 11) is -3.43. The van der Waals surface area contributed by atoms with Gasteiger partial charge in [0.15, 0.2) is 5.13 Å². The number of ether oxygens (including phenoxy) is 1. The molecule has 0 saturated carbocycles. The largest absolute Gasteiger partial charge is 0.373 e. The van der Waals surface area contributed by atoms with Crippen molar-refractivity contribution in [3.63, 3.8) is 0 Å². The summed E-state index contributed by atoms with van der Waals surface area (Å²) in [5, 5.41) is 5.24. The van der Waals surface area contributed by atoms with Crippen LogP contribution in [0.15, 0.2) is 23.6 Å². The number of anilines is 2. The third-order valence-corrected chi connectivity index (χ3v) is 5.85. The fraction of sp³-hybridized carbons (Fsp3) is 0.474. The molecule has 1 fully saturated rings. The minimum atomic E-state index is -3.43. The van der Waals surface area contributed by atoms with Crippen LogP contribution < -0.4 is 10.0 Å². The molecule has 1 aliphatic heterocycles. The highest BCUT2D eigenvalue weighted by Gasteiger charge is 2.23. The van der Waals surface area contributed by atoms with Crippen molar-refractivity contribution in [1.82, 2.24) is 9.88 Å². The highest BCUT2D eigenvalue weighted by Crippen LogP contribution is 2.22. The van der Waals surface area contributed by atoms with Gasteiger partial charge in [-0.05, 0) is 38.5 Å². The van der Waals surface area contributed by atoms with Gasteiger partial charge in [-0.15, -0.1) is 11.3 Å². The molecule has 10 heteroatoms. The molecule has 8 nitrogen and oxygen atoms in total. The maximum Gasteiger partial charge on any atom is 0.257 e. The van der Waals surface area contributed by atoms with E-state index in [1.807, 2.05) is 5.38 Å². The highest BCUT2D eigenvalue weighted by atomic mass is 32.2. The monoisotopic (exact) mass is 438 g/mol. The SMILES string of the molecule is Cc1ccc(C(=O)Nc2nc(CN3C[C@@H](C)O[C@H](C)C3)cs2)cc1NS(C)(=O)=O. The molecule has 158 valence electrons. The molecule has 0 radical (unpaired) electrons. The summed E-state index contributed by atoms with van der Waals surface area (Å²) in [5.74, 6) is -0.337. The number of carbonyl (C=O) groups is 1. The number of aryl methyl sites for hydroxylation is 1. The zero-order chi connectivity index (χ0) is 21.2. The number of thiazole rings is 1. The van der Waals surface area contributed by atoms with Gasteiger partial charge in [0, 0.05) is 30.6 Å². The summed E-state index contributed by atoms with van der Waals surface area (Å²) in [6.07, 6.45) is 1.45. The molecular formula is C19H26N4O4S2. The van der Waals surface area contributed by atoms with Crippen molar-refractivity contribution in [2.45, 2.75) is 39.5 Å². The van der Waals surface area contributed by atoms with Gasteiger partial charge in [-0.25, -0.2) is 13.4 Å². The molecule has 1 amide bonds. The van der Waals surface area contributed by atoms with Gasteiger partial charge < -0.3 is 4.74 Å². The zero-order valence-electron chi connectivity index (χ0n) is 16.9. The number of carbonyl (C=O) groups excluding carboxylic acids is 1. The molecule has 0 aliphatic carbocycles. The molecule has 2 atom stereocenters. The van der Waals surface area contributed by atoms with E-state index in [1.165, 1.54) is 17.4 Å². The third kappa shape index (κ3) is 6.23. The van der Waals surface area contributed by atoms with Crippen LogP contribution in [0.3, 0.4) is 0 Å². The van der Waals surface area contributed by atoms with Gasteiger partial charge in [0.1, 0.15) is 0 Å². The summed E-state index contributed by atoms with van der Waals surface area (Å²) in [4.78, 5) is 19.4. The minimum Gasteiger partial charge on any atom is -0.373 e. The van der Waals surface area contributed by atoms with Crippen molar-refractivity contribution in [3.8, 4) is 0 Å². The number of nitrogens with zero attached hydrogens (tertiary/aromatic N) is 2. The normalized spacial score (nSPS) is 20.4. The van der Waals surface area contributed by atoms with E-state index < -0.39 is 10.0 Å². The van der Waals surface area contributed by atoms with E-state index in [-0.39, 0.29) is 18.1 Å². The average molecular weight is 439 g/mol. The standard InChI is InChI=1S/C19H26N4O4S2/c1-12-5-6-15(7-17(12)22-29(4,25)26)18(24)21-19-20-16(11-28-19)10-23-8-13(2)27-14(3)9-23/h5-7,11,13-14,22H,8-10H2,1-4H3,(H,20,21,24)/t13-,14-/m1/s1. The summed E-state index contributed by atoms with van der Waals surface area (Å²) in [5.41, 5.74) is 2.37. The van der Waals surface area contributed by atoms with Crippen LogP contribution in [-0.4, -0.2) is 55.8 Å². The lowest BCUT2D eigenvalue weighted by molar-refractivity contribution is -0.0707. The number of hydrogen-bond donors (Lipinski definition) is 2. The van der Waals surface area contributed by atoms with E-state index in [9.17, 15) is 13.2 Å². The summed E-state index contributed by atoms with van der Waals surface area (Å²) < 4.78 is 31.2. The summed E-state index contributed by atoms with van der Waals surface area (Å²) >= 11 is 1.37. The molecule has 1 aromatic carbocycles. The van der Waals surface area contributed by atoms with Gasteiger partial charge in [-0.3, -0.25) is 19.7 Å². The quantitative estimate of drug-likeness (QED) is 0.719. The van der Waals surface area contributed by atoms with Crippen LogP contribution in [0.4, 0.5) is 10.8 Å². The lowest BCUT2D eigenvalue weighted by Gasteiger charge is -2.34. The van der Waals surface area contributed by atoms with Gasteiger partial charge >= 0.3 is 0 Å². The minimum absolute atomic E-state index is 0.188. The lowest BCUT2D eigenvalue weighted by Crippen LogP contribution is -2.44. The number of morpholine rings is 1. The molecule has 0 bridgehead atoms. The topological polar surface area (TPSA) is 101 Å². The predicted molar refractivity (Wildman–Crippen MR) is 115 cm³/mol. The molecule has 0 unspecified atom stereocenters. The van der Waals surface area contributed by atoms with Gasteiger partial charge in [-0.1, -0.05) is 6.07 Å². The van der Waals surface area contributed by atoms with Crippen molar-refractivity contribution in [3.05, 3.63) is 40.4 Å². The van der Waals surface area contributed by atoms with E-state index in [1.54, 1.807) is 19.1 Å². The van der Waals surface area contributed by atoms with Crippen LogP contribution in [0.25, 0.3) is 0 Å². The van der Waals surface area contributed by atoms with Crippen LogP contribution in [0, 0.1) is 6.92 Å². The Morgan fingerprint density at radius 3 is 2.66 bits per heavy atom. The number of aromatic nitrogens is 1. The Balaban J connectivity index is 1.65. The van der Waals surface area contributed by atoms with Crippen LogP contribution in [-0.2, 0) is 21.3 Å². The van der Waals surface area contributed by atoms with Crippen molar-refractivity contribution < 1.29 is 17.9 Å². The Morgan fingerprint density at radius 1 is 1.31 bits per heavy atom. The fourth-order valence-electron chi connectivity index (χ4n) is 3.32. The maximum atomic E-state index is 12.6. The third-order valence-electron chi connectivity index (χ3n) is 4.45. The van der Waals surface area contributed by atoms with E-state index in [2.05, 4.69) is 33.8 Å². The molecular weight excluding hydrogens is 412 g/mol. The molecule has 2 N–H and O–H groups in total. The van der Waals surface area contributed by atoms with Crippen molar-refractivity contribution >= 4 is 38.1 Å². The Kier molecular flexibility index (Phi) is 6.57. The zero-order valence-corrected chi connectivity index (χ0v) is 18.6. The molecule has 2 aromatic rings. The number of hydrogen-bond acceptors (Lipinski definition) is 7. The number of benzene rings is 1. The average Bonchev–Trinajstić information content (AvgIpc) is 3.01. The van der Waals surface area contributed by atoms with E-state index in [0.29, 0.717) is 22.9 Å². The Hall–Kier alpha value is -2.01. The number of nitrogens with one attached hydrogen (secondary N) is 2. The smallest absolute Gasteiger partial charge is 0.257 e. The molecule has 2 heterocycles. The second-order valence-corrected chi connectivity index (χ2v) is 10.1. The molecule has 29 heavy (non-hydrogen) atoms. The molecule has 1 saturated heterocycles. The van der Waals surface area contributed by atoms with Gasteiger partial charge in [0.25, 0.3) is 5.91 Å². The Bertz CT molecular complexity index is 980. The number of sulfonamides is 1. The van der Waals surface area contributed by atoms with Crippen LogP contribution in [0.5, 0.6) is 0 Å². The maximum absolute atomic E-state index is 12.6. The fourth-order valence-corrected chi connectivity index (χ4v) is 4.64. The van der Waals surface area contributed by atoms with Crippen molar-refractivity contribution in [1.29, 1.82) is 0 Å². The Morgan fingerprint density at radius 2 is 2.00 bits per heavy atom. The molecule has 1 aliphatic rings. The highest BCUT2D eigenvalue weighted by molar-refractivity contribution is 7.92. The number of amides is 1. The van der Waals surface area contributed by atoms with Crippen LogP contribution >= 0.6 is 11.3 Å². The van der Waals surface area contributed by atoms with Gasteiger partial charge in [0.05, 0.1) is 29.8 Å². The summed E-state index contributed by atoms with van der Waals surface area (Å²) in [6, 6.07) is 4.89. The van der Waals surface area contributed by atoms with Gasteiger partial charge in [-0.2, -0.15) is 0 Å². The molecule has 0 spiro atoms. The van der Waals surface area contributed by atoms with Crippen molar-refractivity contribution in [2.24, 2.45) is 0 Å². The van der Waals surface area contributed by atoms with Crippen molar-refractivity contribution in [2.75, 3.05) is 29.4 Å². The molecule has 3 rings (SSSR count). The first-order chi connectivity index (χ1) is 13.6. The van der Waals surface area contributed by atoms with E-state index in [0.717, 1.165) is 30.6 Å². The second-order valence-electron chi connectivity index (χ2n) is 7.45. The van der Waals surface area contributed by atoms with Crippen LogP contribution in [0.1, 0.15) is 35.5 Å². The van der Waals surface area contributed by atoms with E-state index >= 15 is 0 Å².